The van der Waals surface area contributed by atoms with Crippen molar-refractivity contribution in [3.63, 3.8) is 0 Å². The van der Waals surface area contributed by atoms with Crippen LogP contribution in [-0.4, -0.2) is 22.9 Å². The number of anilines is 1. The summed E-state index contributed by atoms with van der Waals surface area (Å²) in [5, 5.41) is 8.81. The Morgan fingerprint density at radius 1 is 1.18 bits per heavy atom. The summed E-state index contributed by atoms with van der Waals surface area (Å²) in [6, 6.07) is 4.23. The van der Waals surface area contributed by atoms with Gasteiger partial charge in [0.15, 0.2) is 0 Å². The van der Waals surface area contributed by atoms with E-state index in [4.69, 9.17) is 5.11 Å². The van der Waals surface area contributed by atoms with Crippen molar-refractivity contribution >= 4 is 46.1 Å². The maximum absolute atomic E-state index is 11.5. The molecule has 0 bridgehead atoms. The standard InChI is InChI=1S/C11H6INO4/c12-7-5-6(11(16)17)1-2-8(7)13-9(14)3-4-10(13)15/h1-5H,(H,16,17). The van der Waals surface area contributed by atoms with Gasteiger partial charge in [0.2, 0.25) is 0 Å². The smallest absolute Gasteiger partial charge is 0.335 e. The molecule has 0 fully saturated rings. The lowest BCUT2D eigenvalue weighted by Crippen LogP contribution is -2.30. The van der Waals surface area contributed by atoms with Crippen molar-refractivity contribution < 1.29 is 19.5 Å². The Bertz CT molecular complexity index is 547. The van der Waals surface area contributed by atoms with Crippen molar-refractivity contribution in [3.8, 4) is 0 Å². The fraction of sp³-hybridized carbons (Fsp3) is 0. The molecule has 86 valence electrons. The minimum absolute atomic E-state index is 0.116. The molecular weight excluding hydrogens is 337 g/mol. The number of carbonyl (C=O) groups is 3. The lowest BCUT2D eigenvalue weighted by molar-refractivity contribution is -0.120. The summed E-state index contributed by atoms with van der Waals surface area (Å²) in [7, 11) is 0. The van der Waals surface area contributed by atoms with Crippen LogP contribution in [0.15, 0.2) is 30.4 Å². The van der Waals surface area contributed by atoms with Crippen LogP contribution in [-0.2, 0) is 9.59 Å². The molecule has 1 aromatic rings. The van der Waals surface area contributed by atoms with Crippen LogP contribution in [0.4, 0.5) is 5.69 Å². The van der Waals surface area contributed by atoms with E-state index in [0.717, 1.165) is 4.90 Å². The van der Waals surface area contributed by atoms with Crippen molar-refractivity contribution in [1.82, 2.24) is 0 Å². The Kier molecular flexibility index (Phi) is 2.97. The average Bonchev–Trinajstić information content (AvgIpc) is 2.59. The Morgan fingerprint density at radius 3 is 2.24 bits per heavy atom. The summed E-state index contributed by atoms with van der Waals surface area (Å²) < 4.78 is 0.535. The van der Waals surface area contributed by atoms with Gasteiger partial charge in [0, 0.05) is 15.7 Å². The van der Waals surface area contributed by atoms with Gasteiger partial charge in [-0.05, 0) is 40.8 Å². The Balaban J connectivity index is 2.44. The van der Waals surface area contributed by atoms with Crippen LogP contribution in [0, 0.1) is 3.57 Å². The number of hydrogen-bond donors (Lipinski definition) is 1. The molecule has 2 rings (SSSR count). The summed E-state index contributed by atoms with van der Waals surface area (Å²) in [6.45, 7) is 0. The first-order valence-electron chi connectivity index (χ1n) is 4.59. The van der Waals surface area contributed by atoms with Gasteiger partial charge in [-0.1, -0.05) is 0 Å². The topological polar surface area (TPSA) is 74.7 Å². The van der Waals surface area contributed by atoms with Crippen LogP contribution in [0.1, 0.15) is 10.4 Å². The van der Waals surface area contributed by atoms with E-state index >= 15 is 0 Å². The molecular formula is C11H6INO4. The molecule has 1 heterocycles. The zero-order chi connectivity index (χ0) is 12.6. The summed E-state index contributed by atoms with van der Waals surface area (Å²) in [6.07, 6.45) is 2.37. The number of hydrogen-bond acceptors (Lipinski definition) is 3. The average molecular weight is 343 g/mol. The van der Waals surface area contributed by atoms with Gasteiger partial charge < -0.3 is 5.11 Å². The number of amides is 2. The minimum Gasteiger partial charge on any atom is -0.478 e. The Morgan fingerprint density at radius 2 is 1.76 bits per heavy atom. The van der Waals surface area contributed by atoms with Crippen molar-refractivity contribution in [2.45, 2.75) is 0 Å². The minimum atomic E-state index is -1.05. The van der Waals surface area contributed by atoms with Crippen LogP contribution < -0.4 is 4.90 Å². The second-order valence-electron chi connectivity index (χ2n) is 3.32. The molecule has 1 aliphatic heterocycles. The van der Waals surface area contributed by atoms with E-state index in [0.29, 0.717) is 9.26 Å². The highest BCUT2D eigenvalue weighted by atomic mass is 127. The number of halogens is 1. The number of imide groups is 1. The zero-order valence-electron chi connectivity index (χ0n) is 8.38. The highest BCUT2D eigenvalue weighted by molar-refractivity contribution is 14.1. The molecule has 0 spiro atoms. The lowest BCUT2D eigenvalue weighted by Gasteiger charge is -2.15. The second kappa shape index (κ2) is 4.28. The molecule has 5 nitrogen and oxygen atoms in total. The van der Waals surface area contributed by atoms with Crippen LogP contribution >= 0.6 is 22.6 Å². The van der Waals surface area contributed by atoms with Crippen molar-refractivity contribution in [1.29, 1.82) is 0 Å². The molecule has 6 heteroatoms. The molecule has 0 radical (unpaired) electrons. The van der Waals surface area contributed by atoms with Gasteiger partial charge in [0.25, 0.3) is 11.8 Å². The second-order valence-corrected chi connectivity index (χ2v) is 4.48. The summed E-state index contributed by atoms with van der Waals surface area (Å²) >= 11 is 1.89. The third-order valence-corrected chi connectivity index (χ3v) is 3.11. The van der Waals surface area contributed by atoms with E-state index in [1.807, 2.05) is 22.6 Å². The SMILES string of the molecule is O=C(O)c1ccc(N2C(=O)C=CC2=O)c(I)c1. The number of carboxylic acids is 1. The molecule has 0 aliphatic carbocycles. The zero-order valence-corrected chi connectivity index (χ0v) is 10.5. The summed E-state index contributed by atoms with van der Waals surface area (Å²) in [4.78, 5) is 34.7. The van der Waals surface area contributed by atoms with Crippen LogP contribution in [0.2, 0.25) is 0 Å². The largest absolute Gasteiger partial charge is 0.478 e. The lowest BCUT2D eigenvalue weighted by atomic mass is 10.2. The maximum atomic E-state index is 11.5. The van der Waals surface area contributed by atoms with E-state index in [9.17, 15) is 14.4 Å². The number of rotatable bonds is 2. The monoisotopic (exact) mass is 343 g/mol. The highest BCUT2D eigenvalue weighted by Crippen LogP contribution is 2.26. The van der Waals surface area contributed by atoms with Gasteiger partial charge in [-0.25, -0.2) is 9.69 Å². The Hall–Kier alpha value is -1.70. The molecule has 17 heavy (non-hydrogen) atoms. The van der Waals surface area contributed by atoms with E-state index < -0.39 is 17.8 Å². The molecule has 1 aliphatic rings. The maximum Gasteiger partial charge on any atom is 0.335 e. The van der Waals surface area contributed by atoms with Crippen LogP contribution in [0.25, 0.3) is 0 Å². The number of nitrogens with zero attached hydrogens (tertiary/aromatic N) is 1. The number of aromatic carboxylic acids is 1. The van der Waals surface area contributed by atoms with Gasteiger partial charge >= 0.3 is 5.97 Å². The van der Waals surface area contributed by atoms with E-state index in [1.165, 1.54) is 30.4 Å². The number of carbonyl (C=O) groups excluding carboxylic acids is 2. The molecule has 0 unspecified atom stereocenters. The van der Waals surface area contributed by atoms with Gasteiger partial charge in [0.1, 0.15) is 0 Å². The first kappa shape index (κ1) is 11.8. The van der Waals surface area contributed by atoms with E-state index in [-0.39, 0.29) is 5.56 Å². The third kappa shape index (κ3) is 2.07. The summed E-state index contributed by atoms with van der Waals surface area (Å²) in [5.41, 5.74) is 0.515. The van der Waals surface area contributed by atoms with Gasteiger partial charge in [-0.3, -0.25) is 9.59 Å². The molecule has 0 saturated heterocycles. The molecule has 1 N–H and O–H groups in total. The third-order valence-electron chi connectivity index (χ3n) is 2.24. The van der Waals surface area contributed by atoms with Crippen molar-refractivity contribution in [2.24, 2.45) is 0 Å². The Labute approximate surface area is 110 Å². The predicted octanol–water partition coefficient (Wildman–Crippen LogP) is 1.42. The quantitative estimate of drug-likeness (QED) is 0.651. The normalized spacial score (nSPS) is 14.5. The highest BCUT2D eigenvalue weighted by Gasteiger charge is 2.26. The van der Waals surface area contributed by atoms with Crippen LogP contribution in [0.5, 0.6) is 0 Å². The van der Waals surface area contributed by atoms with E-state index in [2.05, 4.69) is 0 Å². The number of carboxylic acid groups (broad SMARTS) is 1. The first-order chi connectivity index (χ1) is 8.00. The van der Waals surface area contributed by atoms with Gasteiger partial charge in [-0.15, -0.1) is 0 Å². The number of benzene rings is 1. The first-order valence-corrected chi connectivity index (χ1v) is 5.67. The van der Waals surface area contributed by atoms with Crippen LogP contribution in [0.3, 0.4) is 0 Å². The van der Waals surface area contributed by atoms with E-state index in [1.54, 1.807) is 0 Å². The molecule has 2 amide bonds. The molecule has 0 saturated carbocycles. The molecule has 0 aromatic heterocycles. The van der Waals surface area contributed by atoms with Gasteiger partial charge in [-0.2, -0.15) is 0 Å². The fourth-order valence-corrected chi connectivity index (χ4v) is 2.22. The predicted molar refractivity (Wildman–Crippen MR) is 67.8 cm³/mol. The van der Waals surface area contributed by atoms with Gasteiger partial charge in [0.05, 0.1) is 11.3 Å². The molecule has 1 aromatic carbocycles. The fourth-order valence-electron chi connectivity index (χ4n) is 1.46. The molecule has 0 atom stereocenters. The van der Waals surface area contributed by atoms with Crippen molar-refractivity contribution in [3.05, 3.63) is 39.5 Å². The van der Waals surface area contributed by atoms with Crippen molar-refractivity contribution in [2.75, 3.05) is 4.90 Å². The summed E-state index contributed by atoms with van der Waals surface area (Å²) in [5.74, 6) is -1.89.